The Hall–Kier alpha value is -3.04. The number of halogens is 2. The van der Waals surface area contributed by atoms with Crippen LogP contribution in [0.2, 0.25) is 0 Å². The second-order valence-electron chi connectivity index (χ2n) is 10.0. The lowest BCUT2D eigenvalue weighted by Gasteiger charge is -2.32. The van der Waals surface area contributed by atoms with Crippen LogP contribution in [-0.4, -0.2) is 12.2 Å². The van der Waals surface area contributed by atoms with Gasteiger partial charge in [0.1, 0.15) is 0 Å². The van der Waals surface area contributed by atoms with Crippen molar-refractivity contribution < 1.29 is 13.5 Å². The van der Waals surface area contributed by atoms with E-state index in [9.17, 15) is 0 Å². The molecule has 4 rings (SSSR count). The van der Waals surface area contributed by atoms with E-state index in [1.165, 1.54) is 25.7 Å². The third-order valence-electron chi connectivity index (χ3n) is 7.24. The highest BCUT2D eigenvalue weighted by molar-refractivity contribution is 5.78. The van der Waals surface area contributed by atoms with E-state index in [0.29, 0.717) is 23.1 Å². The zero-order chi connectivity index (χ0) is 26.1. The van der Waals surface area contributed by atoms with Crippen molar-refractivity contribution in [2.75, 3.05) is 6.61 Å². The summed E-state index contributed by atoms with van der Waals surface area (Å²) in [5.41, 5.74) is 3.71. The van der Waals surface area contributed by atoms with Crippen LogP contribution in [0.4, 0.5) is 8.78 Å². The van der Waals surface area contributed by atoms with Gasteiger partial charge in [-0.3, -0.25) is 0 Å². The monoisotopic (exact) mass is 500 g/mol. The van der Waals surface area contributed by atoms with Crippen molar-refractivity contribution in [1.82, 2.24) is 0 Å². The number of rotatable bonds is 12. The fraction of sp³-hybridized carbons (Fsp3) is 0.353. The third kappa shape index (κ3) is 6.64. The number of hydrogen-bond donors (Lipinski definition) is 0. The Morgan fingerprint density at radius 2 is 1.35 bits per heavy atom. The van der Waals surface area contributed by atoms with Crippen LogP contribution in [0, 0.1) is 11.6 Å². The lowest BCUT2D eigenvalue weighted by molar-refractivity contribution is -0.0153. The molecule has 0 fully saturated rings. The minimum absolute atomic E-state index is 0.271. The molecule has 0 aliphatic heterocycles. The van der Waals surface area contributed by atoms with E-state index in [0.717, 1.165) is 37.0 Å². The van der Waals surface area contributed by atoms with Crippen molar-refractivity contribution in [3.05, 3.63) is 102 Å². The summed E-state index contributed by atoms with van der Waals surface area (Å²) >= 11 is 0. The lowest BCUT2D eigenvalue weighted by Crippen LogP contribution is -2.31. The molecule has 0 aromatic heterocycles. The molecule has 3 aromatic rings. The Kier molecular flexibility index (Phi) is 9.46. The van der Waals surface area contributed by atoms with Crippen molar-refractivity contribution in [2.24, 2.45) is 0 Å². The highest BCUT2D eigenvalue weighted by Gasteiger charge is 2.29. The quantitative estimate of drug-likeness (QED) is 0.225. The minimum atomic E-state index is -0.812. The maximum absolute atomic E-state index is 15.3. The normalized spacial score (nSPS) is 17.1. The molecule has 0 spiro atoms. The summed E-state index contributed by atoms with van der Waals surface area (Å²) in [6, 6.07) is 21.0. The molecule has 1 unspecified atom stereocenters. The molecule has 37 heavy (non-hydrogen) atoms. The van der Waals surface area contributed by atoms with E-state index < -0.39 is 11.6 Å². The van der Waals surface area contributed by atoms with Gasteiger partial charge >= 0.3 is 0 Å². The molecular weight excluding hydrogens is 462 g/mol. The second-order valence-corrected chi connectivity index (χ2v) is 10.0. The molecule has 0 amide bonds. The first-order valence-electron chi connectivity index (χ1n) is 13.7. The molecule has 3 aromatic carbocycles. The first kappa shape index (κ1) is 27.0. The fourth-order valence-corrected chi connectivity index (χ4v) is 5.10. The van der Waals surface area contributed by atoms with Crippen LogP contribution >= 0.6 is 0 Å². The first-order chi connectivity index (χ1) is 18.1. The summed E-state index contributed by atoms with van der Waals surface area (Å²) in [5.74, 6) is -1.62. The molecule has 3 heteroatoms. The molecule has 0 bridgehead atoms. The highest BCUT2D eigenvalue weighted by Crippen LogP contribution is 2.36. The van der Waals surface area contributed by atoms with Crippen molar-refractivity contribution in [2.45, 2.75) is 70.8 Å². The van der Waals surface area contributed by atoms with Gasteiger partial charge in [0.15, 0.2) is 11.6 Å². The number of benzene rings is 3. The lowest BCUT2D eigenvalue weighted by atomic mass is 9.85. The zero-order valence-electron chi connectivity index (χ0n) is 22.1. The molecule has 1 aliphatic rings. The average Bonchev–Trinajstić information content (AvgIpc) is 2.94. The van der Waals surface area contributed by atoms with Crippen molar-refractivity contribution in [1.29, 1.82) is 0 Å². The highest BCUT2D eigenvalue weighted by atomic mass is 19.2. The predicted octanol–water partition coefficient (Wildman–Crippen LogP) is 10.2. The summed E-state index contributed by atoms with van der Waals surface area (Å²) in [7, 11) is 0. The molecule has 0 heterocycles. The van der Waals surface area contributed by atoms with Crippen LogP contribution in [0.25, 0.3) is 27.8 Å². The van der Waals surface area contributed by atoms with Crippen LogP contribution in [0.1, 0.15) is 70.8 Å². The van der Waals surface area contributed by atoms with Gasteiger partial charge in [0, 0.05) is 17.7 Å². The average molecular weight is 501 g/mol. The van der Waals surface area contributed by atoms with Gasteiger partial charge in [-0.05, 0) is 41.5 Å². The Labute approximate surface area is 220 Å². The molecule has 0 saturated carbocycles. The fourth-order valence-electron chi connectivity index (χ4n) is 5.10. The Morgan fingerprint density at radius 3 is 2.03 bits per heavy atom. The largest absolute Gasteiger partial charge is 0.371 e. The van der Waals surface area contributed by atoms with Crippen molar-refractivity contribution in [3.8, 4) is 22.3 Å². The summed E-state index contributed by atoms with van der Waals surface area (Å²) in [6.45, 7) is 5.10. The van der Waals surface area contributed by atoms with E-state index >= 15 is 8.78 Å². The Morgan fingerprint density at radius 1 is 0.703 bits per heavy atom. The standard InChI is InChI=1S/C34H38F2O/c1-3-5-6-7-11-25-37-34(22-4-2)23-20-29(21-24-34)31-19-18-30(32(35)33(31)36)28-16-14-27(15-17-28)26-12-9-8-10-13-26/h8-10,12-21,23H,3-7,11,22,24-25H2,1-2H3. The summed E-state index contributed by atoms with van der Waals surface area (Å²) in [4.78, 5) is 0. The predicted molar refractivity (Wildman–Crippen MR) is 151 cm³/mol. The molecule has 0 radical (unpaired) electrons. The molecule has 1 nitrogen and oxygen atoms in total. The van der Waals surface area contributed by atoms with E-state index in [2.05, 4.69) is 19.9 Å². The van der Waals surface area contributed by atoms with Crippen LogP contribution in [0.15, 0.2) is 85.0 Å². The first-order valence-corrected chi connectivity index (χ1v) is 13.7. The van der Waals surface area contributed by atoms with Gasteiger partial charge in [-0.15, -0.1) is 0 Å². The van der Waals surface area contributed by atoms with Gasteiger partial charge in [-0.2, -0.15) is 0 Å². The molecule has 1 aliphatic carbocycles. The second kappa shape index (κ2) is 13.0. The van der Waals surface area contributed by atoms with Gasteiger partial charge in [0.2, 0.25) is 0 Å². The van der Waals surface area contributed by atoms with Crippen LogP contribution in [0.3, 0.4) is 0 Å². The zero-order valence-corrected chi connectivity index (χ0v) is 22.1. The molecule has 0 N–H and O–H groups in total. The van der Waals surface area contributed by atoms with E-state index in [-0.39, 0.29) is 11.2 Å². The number of ether oxygens (including phenoxy) is 1. The van der Waals surface area contributed by atoms with Crippen LogP contribution in [-0.2, 0) is 4.74 Å². The number of hydrogen-bond acceptors (Lipinski definition) is 1. The summed E-state index contributed by atoms with van der Waals surface area (Å²) in [5, 5.41) is 0. The number of allylic oxidation sites excluding steroid dienone is 2. The maximum atomic E-state index is 15.3. The van der Waals surface area contributed by atoms with E-state index in [4.69, 9.17) is 4.74 Å². The number of unbranched alkanes of at least 4 members (excludes halogenated alkanes) is 4. The van der Waals surface area contributed by atoms with E-state index in [1.54, 1.807) is 12.1 Å². The van der Waals surface area contributed by atoms with Crippen LogP contribution in [0.5, 0.6) is 0 Å². The summed E-state index contributed by atoms with van der Waals surface area (Å²) in [6.07, 6.45) is 14.6. The smallest absolute Gasteiger partial charge is 0.167 e. The minimum Gasteiger partial charge on any atom is -0.371 e. The van der Waals surface area contributed by atoms with Gasteiger partial charge in [-0.1, -0.05) is 131 Å². The maximum Gasteiger partial charge on any atom is 0.167 e. The Balaban J connectivity index is 1.47. The Bertz CT molecular complexity index is 1210. The van der Waals surface area contributed by atoms with Crippen molar-refractivity contribution >= 4 is 5.57 Å². The third-order valence-corrected chi connectivity index (χ3v) is 7.24. The van der Waals surface area contributed by atoms with Crippen LogP contribution < -0.4 is 0 Å². The molecule has 1 atom stereocenters. The van der Waals surface area contributed by atoms with E-state index in [1.807, 2.05) is 66.7 Å². The van der Waals surface area contributed by atoms with Gasteiger partial charge in [-0.25, -0.2) is 8.78 Å². The van der Waals surface area contributed by atoms with Gasteiger partial charge in [0.05, 0.1) is 5.60 Å². The van der Waals surface area contributed by atoms with Gasteiger partial charge < -0.3 is 4.74 Å². The molecule has 0 saturated heterocycles. The van der Waals surface area contributed by atoms with Crippen molar-refractivity contribution in [3.63, 3.8) is 0 Å². The van der Waals surface area contributed by atoms with Gasteiger partial charge in [0.25, 0.3) is 0 Å². The topological polar surface area (TPSA) is 9.23 Å². The SMILES string of the molecule is CCCCCCCOC1(CCC)C=CC(c2ccc(-c3ccc(-c4ccccc4)cc3)c(F)c2F)=CC1. The summed E-state index contributed by atoms with van der Waals surface area (Å²) < 4.78 is 36.9. The molecular formula is C34H38F2O. The molecule has 194 valence electrons.